The highest BCUT2D eigenvalue weighted by molar-refractivity contribution is 5.90. The third kappa shape index (κ3) is 3.35. The minimum atomic E-state index is 0.734. The molecule has 1 saturated heterocycles. The molecule has 3 heterocycles. The zero-order valence-corrected chi connectivity index (χ0v) is 16.2. The van der Waals surface area contributed by atoms with Crippen LogP contribution in [-0.2, 0) is 0 Å². The Kier molecular flexibility index (Phi) is 4.48. The molecule has 1 aliphatic heterocycles. The molecule has 7 heteroatoms. The molecule has 29 heavy (non-hydrogen) atoms. The van der Waals surface area contributed by atoms with Crippen LogP contribution in [0.2, 0.25) is 0 Å². The number of fused-ring (bicyclic) bond motifs is 1. The van der Waals surface area contributed by atoms with Gasteiger partial charge in [-0.15, -0.1) is 0 Å². The molecule has 1 aliphatic rings. The van der Waals surface area contributed by atoms with Crippen molar-refractivity contribution in [2.24, 2.45) is 0 Å². The van der Waals surface area contributed by atoms with E-state index in [2.05, 4.69) is 15.3 Å². The monoisotopic (exact) mass is 386 g/mol. The second kappa shape index (κ2) is 7.43. The zero-order chi connectivity index (χ0) is 19.6. The number of nitrogens with zero attached hydrogens (tertiary/aromatic N) is 5. The average Bonchev–Trinajstić information content (AvgIpc) is 3.45. The average molecular weight is 386 g/mol. The summed E-state index contributed by atoms with van der Waals surface area (Å²) in [6, 6.07) is 17.9. The van der Waals surface area contributed by atoms with Crippen molar-refractivity contribution in [3.8, 4) is 11.4 Å². The first kappa shape index (κ1) is 17.5. The predicted molar refractivity (Wildman–Crippen MR) is 114 cm³/mol. The van der Waals surface area contributed by atoms with Crippen molar-refractivity contribution in [2.75, 3.05) is 30.4 Å². The van der Waals surface area contributed by atoms with E-state index < -0.39 is 0 Å². The van der Waals surface area contributed by atoms with Gasteiger partial charge in [0, 0.05) is 24.8 Å². The highest BCUT2D eigenvalue weighted by Crippen LogP contribution is 2.30. The molecule has 5 rings (SSSR count). The van der Waals surface area contributed by atoms with Crippen LogP contribution < -0.4 is 15.0 Å². The normalized spacial score (nSPS) is 13.8. The summed E-state index contributed by atoms with van der Waals surface area (Å²) in [6.07, 6.45) is 4.15. The first-order valence-electron chi connectivity index (χ1n) is 9.79. The van der Waals surface area contributed by atoms with E-state index >= 15 is 0 Å². The third-order valence-corrected chi connectivity index (χ3v) is 5.14. The van der Waals surface area contributed by atoms with Crippen LogP contribution in [0.15, 0.2) is 60.8 Å². The number of methoxy groups -OCH3 is 1. The van der Waals surface area contributed by atoms with Gasteiger partial charge in [0.1, 0.15) is 11.6 Å². The SMILES string of the molecule is COc1cccc(Nc2nc(N3CCCC3)nc3c2cnn3-c2ccccc2)c1. The Morgan fingerprint density at radius 2 is 1.79 bits per heavy atom. The van der Waals surface area contributed by atoms with Gasteiger partial charge in [-0.2, -0.15) is 15.1 Å². The molecule has 0 bridgehead atoms. The summed E-state index contributed by atoms with van der Waals surface area (Å²) in [4.78, 5) is 12.0. The maximum absolute atomic E-state index is 5.35. The molecule has 0 saturated carbocycles. The van der Waals surface area contributed by atoms with Crippen molar-refractivity contribution in [3.63, 3.8) is 0 Å². The highest BCUT2D eigenvalue weighted by Gasteiger charge is 2.20. The lowest BCUT2D eigenvalue weighted by atomic mass is 10.3. The summed E-state index contributed by atoms with van der Waals surface area (Å²) >= 11 is 0. The molecule has 1 fully saturated rings. The van der Waals surface area contributed by atoms with Crippen molar-refractivity contribution in [2.45, 2.75) is 12.8 Å². The quantitative estimate of drug-likeness (QED) is 0.555. The molecule has 0 spiro atoms. The topological polar surface area (TPSA) is 68.1 Å². The lowest BCUT2D eigenvalue weighted by Crippen LogP contribution is -2.21. The van der Waals surface area contributed by atoms with E-state index in [1.54, 1.807) is 7.11 Å². The Morgan fingerprint density at radius 1 is 0.966 bits per heavy atom. The van der Waals surface area contributed by atoms with Gasteiger partial charge in [0.2, 0.25) is 5.95 Å². The summed E-state index contributed by atoms with van der Waals surface area (Å²) in [5.41, 5.74) is 2.67. The van der Waals surface area contributed by atoms with Crippen molar-refractivity contribution in [1.82, 2.24) is 19.7 Å². The second-order valence-electron chi connectivity index (χ2n) is 7.05. The second-order valence-corrected chi connectivity index (χ2v) is 7.05. The third-order valence-electron chi connectivity index (χ3n) is 5.14. The van der Waals surface area contributed by atoms with Crippen molar-refractivity contribution in [1.29, 1.82) is 0 Å². The molecule has 146 valence electrons. The van der Waals surface area contributed by atoms with Crippen LogP contribution in [0.25, 0.3) is 16.7 Å². The predicted octanol–water partition coefficient (Wildman–Crippen LogP) is 4.17. The molecule has 0 unspecified atom stereocenters. The molecule has 2 aromatic heterocycles. The van der Waals surface area contributed by atoms with E-state index in [9.17, 15) is 0 Å². The van der Waals surface area contributed by atoms with E-state index in [0.717, 1.165) is 65.9 Å². The number of hydrogen-bond acceptors (Lipinski definition) is 6. The summed E-state index contributed by atoms with van der Waals surface area (Å²) in [5.74, 6) is 2.27. The van der Waals surface area contributed by atoms with Gasteiger partial charge in [-0.05, 0) is 37.1 Å². The van der Waals surface area contributed by atoms with E-state index in [1.807, 2.05) is 65.5 Å². The number of aromatic nitrogens is 4. The maximum atomic E-state index is 5.35. The zero-order valence-electron chi connectivity index (χ0n) is 16.2. The molecule has 7 nitrogen and oxygen atoms in total. The highest BCUT2D eigenvalue weighted by atomic mass is 16.5. The van der Waals surface area contributed by atoms with Gasteiger partial charge in [-0.1, -0.05) is 24.3 Å². The van der Waals surface area contributed by atoms with Gasteiger partial charge >= 0.3 is 0 Å². The van der Waals surface area contributed by atoms with Gasteiger partial charge in [0.15, 0.2) is 5.65 Å². The molecule has 4 aromatic rings. The minimum absolute atomic E-state index is 0.734. The first-order valence-corrected chi connectivity index (χ1v) is 9.79. The Labute approximate surface area is 169 Å². The molecule has 1 N–H and O–H groups in total. The van der Waals surface area contributed by atoms with Crippen LogP contribution in [0.4, 0.5) is 17.5 Å². The fourth-order valence-corrected chi connectivity index (χ4v) is 3.65. The van der Waals surface area contributed by atoms with Gasteiger partial charge in [0.05, 0.1) is 24.4 Å². The molecule has 0 radical (unpaired) electrons. The molecular weight excluding hydrogens is 364 g/mol. The van der Waals surface area contributed by atoms with Crippen LogP contribution in [0.5, 0.6) is 5.75 Å². The number of nitrogens with one attached hydrogen (secondary N) is 1. The molecular formula is C22H22N6O. The number of hydrogen-bond donors (Lipinski definition) is 1. The fourth-order valence-electron chi connectivity index (χ4n) is 3.65. The lowest BCUT2D eigenvalue weighted by molar-refractivity contribution is 0.415. The number of anilines is 3. The van der Waals surface area contributed by atoms with E-state index in [0.29, 0.717) is 0 Å². The van der Waals surface area contributed by atoms with Crippen molar-refractivity contribution in [3.05, 3.63) is 60.8 Å². The molecule has 0 amide bonds. The summed E-state index contributed by atoms with van der Waals surface area (Å²) < 4.78 is 7.22. The minimum Gasteiger partial charge on any atom is -0.497 e. The number of rotatable bonds is 5. The Bertz CT molecular complexity index is 1130. The van der Waals surface area contributed by atoms with Crippen LogP contribution in [0.1, 0.15) is 12.8 Å². The van der Waals surface area contributed by atoms with Crippen molar-refractivity contribution < 1.29 is 4.74 Å². The maximum Gasteiger partial charge on any atom is 0.229 e. The van der Waals surface area contributed by atoms with Crippen LogP contribution in [0.3, 0.4) is 0 Å². The summed E-state index contributed by atoms with van der Waals surface area (Å²) in [5, 5.41) is 8.91. The van der Waals surface area contributed by atoms with E-state index in [4.69, 9.17) is 14.7 Å². The number of ether oxygens (including phenoxy) is 1. The largest absolute Gasteiger partial charge is 0.497 e. The van der Waals surface area contributed by atoms with Crippen LogP contribution >= 0.6 is 0 Å². The summed E-state index contributed by atoms with van der Waals surface area (Å²) in [7, 11) is 1.66. The van der Waals surface area contributed by atoms with Gasteiger partial charge in [0.25, 0.3) is 0 Å². The Hall–Kier alpha value is -3.61. The van der Waals surface area contributed by atoms with Crippen LogP contribution in [-0.4, -0.2) is 39.9 Å². The smallest absolute Gasteiger partial charge is 0.229 e. The number of para-hydroxylation sites is 1. The summed E-state index contributed by atoms with van der Waals surface area (Å²) in [6.45, 7) is 1.95. The van der Waals surface area contributed by atoms with E-state index in [1.165, 1.54) is 0 Å². The lowest BCUT2D eigenvalue weighted by Gasteiger charge is -2.17. The fraction of sp³-hybridized carbons (Fsp3) is 0.227. The van der Waals surface area contributed by atoms with E-state index in [-0.39, 0.29) is 0 Å². The Balaban J connectivity index is 1.64. The molecule has 0 aliphatic carbocycles. The standard InChI is InChI=1S/C22H22N6O/c1-29-18-11-7-8-16(14-18)24-20-19-15-23-28(17-9-3-2-4-10-17)21(19)26-22(25-20)27-12-5-6-13-27/h2-4,7-11,14-15H,5-6,12-13H2,1H3,(H,24,25,26). The van der Waals surface area contributed by atoms with Gasteiger partial charge in [-0.3, -0.25) is 0 Å². The molecule has 2 aromatic carbocycles. The van der Waals surface area contributed by atoms with Crippen LogP contribution in [0, 0.1) is 0 Å². The first-order chi connectivity index (χ1) is 14.3. The van der Waals surface area contributed by atoms with Crippen molar-refractivity contribution >= 4 is 28.5 Å². The van der Waals surface area contributed by atoms with Gasteiger partial charge < -0.3 is 15.0 Å². The van der Waals surface area contributed by atoms with Gasteiger partial charge in [-0.25, -0.2) is 4.68 Å². The Morgan fingerprint density at radius 3 is 2.59 bits per heavy atom. The number of benzene rings is 2. The molecule has 0 atom stereocenters.